The molecule has 0 aliphatic carbocycles. The van der Waals surface area contributed by atoms with Crippen LogP contribution in [0.3, 0.4) is 0 Å². The van der Waals surface area contributed by atoms with Gasteiger partial charge in [0.15, 0.2) is 23.9 Å². The van der Waals surface area contributed by atoms with Gasteiger partial charge >= 0.3 is 6.18 Å². The van der Waals surface area contributed by atoms with E-state index in [1.807, 2.05) is 4.90 Å². The molecule has 0 saturated carbocycles. The number of piperidine rings is 1. The minimum absolute atomic E-state index is 0.141. The molecule has 2 aromatic heterocycles. The molecular weight excluding hydrogens is 360 g/mol. The molecule has 2 aromatic rings. The van der Waals surface area contributed by atoms with Crippen molar-refractivity contribution in [2.45, 2.75) is 19.0 Å². The fourth-order valence-electron chi connectivity index (χ4n) is 2.80. The number of aliphatic hydroxyl groups is 1. The van der Waals surface area contributed by atoms with Crippen molar-refractivity contribution in [1.29, 1.82) is 0 Å². The average Bonchev–Trinajstić information content (AvgIpc) is 3.07. The van der Waals surface area contributed by atoms with Gasteiger partial charge in [0.25, 0.3) is 0 Å². The predicted octanol–water partition coefficient (Wildman–Crippen LogP) is 3.55. The van der Waals surface area contributed by atoms with Gasteiger partial charge in [0.1, 0.15) is 5.82 Å². The summed E-state index contributed by atoms with van der Waals surface area (Å²) in [6, 6.07) is 3.26. The van der Waals surface area contributed by atoms with Crippen LogP contribution in [0.4, 0.5) is 22.9 Å². The summed E-state index contributed by atoms with van der Waals surface area (Å²) in [5.41, 5.74) is -0.850. The molecule has 1 N–H and O–H groups in total. The van der Waals surface area contributed by atoms with Gasteiger partial charge in [-0.1, -0.05) is 0 Å². The van der Waals surface area contributed by atoms with Crippen LogP contribution in [-0.4, -0.2) is 38.7 Å². The highest BCUT2D eigenvalue weighted by atomic mass is 32.2. The number of imidazole rings is 1. The van der Waals surface area contributed by atoms with Gasteiger partial charge < -0.3 is 10.0 Å². The summed E-state index contributed by atoms with van der Waals surface area (Å²) in [6.07, 6.45) is -0.911. The summed E-state index contributed by atoms with van der Waals surface area (Å²) in [4.78, 5) is 9.80. The van der Waals surface area contributed by atoms with E-state index < -0.39 is 11.9 Å². The number of anilines is 1. The quantitative estimate of drug-likeness (QED) is 0.827. The standard InChI is InChI=1S/C15H16F4N4OS/c16-15(17,18)12-8-23(25-19)14(21-12)11-1-2-13(20-7-11)22-5-3-10(9-24)4-6-22/h1-2,7-8,10,24H,3-6,9H2. The first-order valence-corrected chi connectivity index (χ1v) is 8.37. The Hall–Kier alpha value is -1.81. The predicted molar refractivity (Wildman–Crippen MR) is 86.6 cm³/mol. The number of rotatable bonds is 4. The Kier molecular flexibility index (Phi) is 5.19. The van der Waals surface area contributed by atoms with E-state index in [9.17, 15) is 17.1 Å². The number of alkyl halides is 3. The summed E-state index contributed by atoms with van der Waals surface area (Å²) in [5.74, 6) is 0.852. The molecule has 0 aromatic carbocycles. The summed E-state index contributed by atoms with van der Waals surface area (Å²) >= 11 is -0.346. The lowest BCUT2D eigenvalue weighted by Crippen LogP contribution is -2.35. The van der Waals surface area contributed by atoms with Crippen molar-refractivity contribution in [3.8, 4) is 11.4 Å². The van der Waals surface area contributed by atoms with E-state index in [1.165, 1.54) is 6.20 Å². The number of aliphatic hydroxyl groups excluding tert-OH is 1. The molecule has 0 bridgehead atoms. The maximum absolute atomic E-state index is 12.9. The minimum atomic E-state index is -4.64. The fraction of sp³-hybridized carbons (Fsp3) is 0.467. The zero-order valence-electron chi connectivity index (χ0n) is 13.1. The van der Waals surface area contributed by atoms with Crippen molar-refractivity contribution in [2.75, 3.05) is 24.6 Å². The van der Waals surface area contributed by atoms with Gasteiger partial charge in [-0.25, -0.2) is 13.9 Å². The highest BCUT2D eigenvalue weighted by Gasteiger charge is 2.35. The monoisotopic (exact) mass is 376 g/mol. The van der Waals surface area contributed by atoms with E-state index in [0.29, 0.717) is 23.5 Å². The Bertz CT molecular complexity index is 711. The Morgan fingerprint density at radius 2 is 1.96 bits per heavy atom. The van der Waals surface area contributed by atoms with Gasteiger partial charge in [-0.05, 0) is 30.9 Å². The second-order valence-corrected chi connectivity index (χ2v) is 6.39. The topological polar surface area (TPSA) is 54.2 Å². The van der Waals surface area contributed by atoms with Gasteiger partial charge in [-0.3, -0.25) is 0 Å². The third-order valence-electron chi connectivity index (χ3n) is 4.24. The van der Waals surface area contributed by atoms with E-state index in [0.717, 1.165) is 29.9 Å². The van der Waals surface area contributed by atoms with Crippen molar-refractivity contribution in [1.82, 2.24) is 13.9 Å². The van der Waals surface area contributed by atoms with Gasteiger partial charge in [-0.2, -0.15) is 13.2 Å². The molecule has 0 amide bonds. The molecule has 5 nitrogen and oxygen atoms in total. The Balaban J connectivity index is 1.80. The first-order chi connectivity index (χ1) is 11.9. The number of halogens is 4. The van der Waals surface area contributed by atoms with Gasteiger partial charge in [0.2, 0.25) is 0 Å². The van der Waals surface area contributed by atoms with Crippen LogP contribution < -0.4 is 4.90 Å². The van der Waals surface area contributed by atoms with Crippen LogP contribution in [0.15, 0.2) is 24.5 Å². The SMILES string of the molecule is OCC1CCN(c2ccc(-c3nc(C(F)(F)F)cn3SF)cn2)CC1. The summed E-state index contributed by atoms with van der Waals surface area (Å²) in [7, 11) is 0. The number of nitrogens with zero attached hydrogens (tertiary/aromatic N) is 4. The third kappa shape index (κ3) is 3.90. The van der Waals surface area contributed by atoms with E-state index >= 15 is 0 Å². The Labute approximate surface area is 146 Å². The van der Waals surface area contributed by atoms with Crippen molar-refractivity contribution in [2.24, 2.45) is 5.92 Å². The molecule has 0 unspecified atom stereocenters. The fourth-order valence-corrected chi connectivity index (χ4v) is 3.15. The molecular formula is C15H16F4N4OS. The molecule has 136 valence electrons. The van der Waals surface area contributed by atoms with Crippen LogP contribution in [0.2, 0.25) is 0 Å². The Morgan fingerprint density at radius 1 is 1.24 bits per heavy atom. The lowest BCUT2D eigenvalue weighted by Gasteiger charge is -2.31. The highest BCUT2D eigenvalue weighted by molar-refractivity contribution is 7.92. The Morgan fingerprint density at radius 3 is 2.48 bits per heavy atom. The molecule has 1 saturated heterocycles. The average molecular weight is 376 g/mol. The molecule has 3 rings (SSSR count). The highest BCUT2D eigenvalue weighted by Crippen LogP contribution is 2.33. The molecule has 1 aliphatic heterocycles. The lowest BCUT2D eigenvalue weighted by atomic mass is 9.98. The van der Waals surface area contributed by atoms with Gasteiger partial charge in [0.05, 0.1) is 6.20 Å². The van der Waals surface area contributed by atoms with E-state index in [-0.39, 0.29) is 24.8 Å². The first kappa shape index (κ1) is 18.0. The third-order valence-corrected chi connectivity index (χ3v) is 4.67. The molecule has 1 fully saturated rings. The number of aromatic nitrogens is 3. The summed E-state index contributed by atoms with van der Waals surface area (Å²) in [6.45, 7) is 1.68. The lowest BCUT2D eigenvalue weighted by molar-refractivity contribution is -0.140. The van der Waals surface area contributed by atoms with Crippen LogP contribution in [0.25, 0.3) is 11.4 Å². The molecule has 25 heavy (non-hydrogen) atoms. The molecule has 0 radical (unpaired) electrons. The normalized spacial score (nSPS) is 16.4. The molecule has 3 heterocycles. The number of hydrogen-bond donors (Lipinski definition) is 1. The largest absolute Gasteiger partial charge is 0.434 e. The zero-order chi connectivity index (χ0) is 18.0. The van der Waals surface area contributed by atoms with Gasteiger partial charge in [-0.15, -0.1) is 3.89 Å². The van der Waals surface area contributed by atoms with Crippen molar-refractivity contribution in [3.63, 3.8) is 0 Å². The molecule has 0 spiro atoms. The molecule has 10 heteroatoms. The van der Waals surface area contributed by atoms with Crippen molar-refractivity contribution < 1.29 is 22.2 Å². The summed E-state index contributed by atoms with van der Waals surface area (Å²) < 4.78 is 51.9. The molecule has 1 aliphatic rings. The van der Waals surface area contributed by atoms with E-state index in [4.69, 9.17) is 5.11 Å². The van der Waals surface area contributed by atoms with Crippen LogP contribution in [0.5, 0.6) is 0 Å². The second-order valence-electron chi connectivity index (χ2n) is 5.86. The summed E-state index contributed by atoms with van der Waals surface area (Å²) in [5, 5.41) is 9.16. The van der Waals surface area contributed by atoms with Crippen LogP contribution in [-0.2, 0) is 6.18 Å². The van der Waals surface area contributed by atoms with Crippen molar-refractivity contribution >= 4 is 18.2 Å². The number of hydrogen-bond acceptors (Lipinski definition) is 5. The van der Waals surface area contributed by atoms with Crippen molar-refractivity contribution in [3.05, 3.63) is 30.2 Å². The maximum Gasteiger partial charge on any atom is 0.434 e. The minimum Gasteiger partial charge on any atom is -0.396 e. The first-order valence-electron chi connectivity index (χ1n) is 7.70. The number of pyridine rings is 1. The van der Waals surface area contributed by atoms with E-state index in [1.54, 1.807) is 12.1 Å². The molecule has 0 atom stereocenters. The van der Waals surface area contributed by atoms with Gasteiger partial charge in [0, 0.05) is 31.5 Å². The zero-order valence-corrected chi connectivity index (χ0v) is 13.9. The maximum atomic E-state index is 12.9. The second kappa shape index (κ2) is 7.20. The van der Waals surface area contributed by atoms with E-state index in [2.05, 4.69) is 9.97 Å². The van der Waals surface area contributed by atoms with Crippen LogP contribution >= 0.6 is 12.3 Å². The van der Waals surface area contributed by atoms with Crippen LogP contribution in [0.1, 0.15) is 18.5 Å². The smallest absolute Gasteiger partial charge is 0.396 e. The van der Waals surface area contributed by atoms with Crippen LogP contribution in [0, 0.1) is 5.92 Å².